The molecule has 1 aliphatic rings. The SMILES string of the molecule is CCc1cccc2c(C(C)=O)cn(CC(=O)NCCC3CCCOC3)c12. The summed E-state index contributed by atoms with van der Waals surface area (Å²) in [5, 5.41) is 3.95. The van der Waals surface area contributed by atoms with Crippen LogP contribution in [0.5, 0.6) is 0 Å². The summed E-state index contributed by atoms with van der Waals surface area (Å²) in [6.07, 6.45) is 5.93. The number of fused-ring (bicyclic) bond motifs is 1. The Balaban J connectivity index is 1.69. The summed E-state index contributed by atoms with van der Waals surface area (Å²) in [4.78, 5) is 24.4. The van der Waals surface area contributed by atoms with Crippen LogP contribution in [0, 0.1) is 5.92 Å². The maximum absolute atomic E-state index is 12.4. The molecule has 1 fully saturated rings. The number of hydrogen-bond donors (Lipinski definition) is 1. The van der Waals surface area contributed by atoms with Crippen molar-refractivity contribution in [1.29, 1.82) is 0 Å². The summed E-state index contributed by atoms with van der Waals surface area (Å²) >= 11 is 0. The molecule has 1 N–H and O–H groups in total. The van der Waals surface area contributed by atoms with E-state index in [4.69, 9.17) is 4.74 Å². The first-order chi connectivity index (χ1) is 12.6. The quantitative estimate of drug-likeness (QED) is 0.774. The zero-order valence-corrected chi connectivity index (χ0v) is 15.7. The van der Waals surface area contributed by atoms with Crippen LogP contribution >= 0.6 is 0 Å². The molecular formula is C21H28N2O3. The van der Waals surface area contributed by atoms with Crippen molar-refractivity contribution >= 4 is 22.6 Å². The first-order valence-electron chi connectivity index (χ1n) is 9.56. The van der Waals surface area contributed by atoms with Crippen LogP contribution in [0.2, 0.25) is 0 Å². The molecule has 1 unspecified atom stereocenters. The fourth-order valence-electron chi connectivity index (χ4n) is 3.79. The van der Waals surface area contributed by atoms with Gasteiger partial charge in [0.15, 0.2) is 5.78 Å². The van der Waals surface area contributed by atoms with Crippen molar-refractivity contribution in [1.82, 2.24) is 9.88 Å². The fourth-order valence-corrected chi connectivity index (χ4v) is 3.79. The Morgan fingerprint density at radius 2 is 2.19 bits per heavy atom. The predicted octanol–water partition coefficient (Wildman–Crippen LogP) is 3.34. The van der Waals surface area contributed by atoms with Crippen molar-refractivity contribution in [2.24, 2.45) is 5.92 Å². The molecule has 1 amide bonds. The minimum absolute atomic E-state index is 0.0142. The first-order valence-corrected chi connectivity index (χ1v) is 9.56. The van der Waals surface area contributed by atoms with E-state index in [1.807, 2.05) is 22.9 Å². The minimum Gasteiger partial charge on any atom is -0.381 e. The van der Waals surface area contributed by atoms with E-state index in [1.54, 1.807) is 6.92 Å². The Hall–Kier alpha value is -2.14. The molecule has 26 heavy (non-hydrogen) atoms. The van der Waals surface area contributed by atoms with E-state index in [0.29, 0.717) is 18.0 Å². The molecule has 140 valence electrons. The number of carbonyl (C=O) groups excluding carboxylic acids is 2. The second kappa shape index (κ2) is 8.49. The number of hydrogen-bond acceptors (Lipinski definition) is 3. The van der Waals surface area contributed by atoms with Crippen molar-refractivity contribution in [2.45, 2.75) is 46.1 Å². The lowest BCUT2D eigenvalue weighted by molar-refractivity contribution is -0.121. The summed E-state index contributed by atoms with van der Waals surface area (Å²) in [5.74, 6) is 0.562. The molecule has 0 saturated carbocycles. The summed E-state index contributed by atoms with van der Waals surface area (Å²) < 4.78 is 7.41. The molecular weight excluding hydrogens is 328 g/mol. The van der Waals surface area contributed by atoms with Gasteiger partial charge in [0, 0.05) is 36.9 Å². The number of nitrogens with one attached hydrogen (secondary N) is 1. The van der Waals surface area contributed by atoms with Gasteiger partial charge in [-0.15, -0.1) is 0 Å². The van der Waals surface area contributed by atoms with Gasteiger partial charge in [0.1, 0.15) is 6.54 Å². The normalized spacial score (nSPS) is 17.4. The van der Waals surface area contributed by atoms with Gasteiger partial charge in [-0.05, 0) is 44.1 Å². The number of aryl methyl sites for hydroxylation is 1. The molecule has 2 heterocycles. The smallest absolute Gasteiger partial charge is 0.239 e. The maximum Gasteiger partial charge on any atom is 0.239 e. The standard InChI is InChI=1S/C21H28N2O3/c1-3-17-7-4-8-18-19(15(2)24)12-23(21(17)18)13-20(25)22-10-9-16-6-5-11-26-14-16/h4,7-8,12,16H,3,5-6,9-11,13-14H2,1-2H3,(H,22,25). The number of benzene rings is 1. The molecule has 1 aliphatic heterocycles. The number of rotatable bonds is 7. The number of ketones is 1. The van der Waals surface area contributed by atoms with Crippen LogP contribution < -0.4 is 5.32 Å². The third kappa shape index (κ3) is 4.15. The molecule has 1 saturated heterocycles. The van der Waals surface area contributed by atoms with Gasteiger partial charge in [-0.25, -0.2) is 0 Å². The van der Waals surface area contributed by atoms with E-state index < -0.39 is 0 Å². The van der Waals surface area contributed by atoms with E-state index in [0.717, 1.165) is 48.9 Å². The van der Waals surface area contributed by atoms with Gasteiger partial charge in [0.05, 0.1) is 5.52 Å². The van der Waals surface area contributed by atoms with E-state index >= 15 is 0 Å². The molecule has 1 atom stereocenters. The number of amides is 1. The van der Waals surface area contributed by atoms with Crippen molar-refractivity contribution in [3.8, 4) is 0 Å². The zero-order valence-electron chi connectivity index (χ0n) is 15.7. The molecule has 0 radical (unpaired) electrons. The van der Waals surface area contributed by atoms with Crippen LogP contribution in [0.25, 0.3) is 10.9 Å². The van der Waals surface area contributed by atoms with Crippen LogP contribution in [-0.4, -0.2) is 36.0 Å². The summed E-state index contributed by atoms with van der Waals surface area (Å²) in [6, 6.07) is 6.00. The number of ether oxygens (including phenoxy) is 1. The lowest BCUT2D eigenvalue weighted by atomic mass is 9.99. The highest BCUT2D eigenvalue weighted by Gasteiger charge is 2.17. The second-order valence-corrected chi connectivity index (χ2v) is 7.12. The monoisotopic (exact) mass is 356 g/mol. The van der Waals surface area contributed by atoms with Crippen molar-refractivity contribution in [2.75, 3.05) is 19.8 Å². The highest BCUT2D eigenvalue weighted by Crippen LogP contribution is 2.26. The predicted molar refractivity (Wildman–Crippen MR) is 102 cm³/mol. The van der Waals surface area contributed by atoms with Crippen LogP contribution in [0.1, 0.15) is 49.0 Å². The van der Waals surface area contributed by atoms with E-state index in [2.05, 4.69) is 18.3 Å². The Labute approximate surface area is 154 Å². The van der Waals surface area contributed by atoms with Gasteiger partial charge in [-0.2, -0.15) is 0 Å². The third-order valence-electron chi connectivity index (χ3n) is 5.19. The molecule has 0 bridgehead atoms. The molecule has 0 spiro atoms. The van der Waals surface area contributed by atoms with Gasteiger partial charge in [-0.1, -0.05) is 25.1 Å². The van der Waals surface area contributed by atoms with Crippen molar-refractivity contribution in [3.05, 3.63) is 35.5 Å². The molecule has 5 nitrogen and oxygen atoms in total. The Morgan fingerprint density at radius 3 is 2.88 bits per heavy atom. The number of nitrogens with zero attached hydrogens (tertiary/aromatic N) is 1. The zero-order chi connectivity index (χ0) is 18.5. The van der Waals surface area contributed by atoms with Crippen molar-refractivity contribution < 1.29 is 14.3 Å². The minimum atomic E-state index is -0.0142. The average Bonchev–Trinajstić information content (AvgIpc) is 3.01. The Kier molecular flexibility index (Phi) is 6.09. The number of para-hydroxylation sites is 1. The highest BCUT2D eigenvalue weighted by atomic mass is 16.5. The molecule has 1 aromatic heterocycles. The van der Waals surface area contributed by atoms with Gasteiger partial charge in [0.2, 0.25) is 5.91 Å². The Bertz CT molecular complexity index is 788. The van der Waals surface area contributed by atoms with Crippen LogP contribution in [0.4, 0.5) is 0 Å². The maximum atomic E-state index is 12.4. The molecule has 3 rings (SSSR count). The number of Topliss-reactive ketones (excluding diaryl/α,β-unsaturated/α-hetero) is 1. The van der Waals surface area contributed by atoms with Crippen LogP contribution in [0.3, 0.4) is 0 Å². The summed E-state index contributed by atoms with van der Waals surface area (Å²) in [6.45, 7) is 6.24. The number of carbonyl (C=O) groups is 2. The lowest BCUT2D eigenvalue weighted by Crippen LogP contribution is -2.30. The third-order valence-corrected chi connectivity index (χ3v) is 5.19. The lowest BCUT2D eigenvalue weighted by Gasteiger charge is -2.21. The molecule has 0 aliphatic carbocycles. The second-order valence-electron chi connectivity index (χ2n) is 7.12. The number of aromatic nitrogens is 1. The van der Waals surface area contributed by atoms with Gasteiger partial charge in [-0.3, -0.25) is 9.59 Å². The Morgan fingerprint density at radius 1 is 1.35 bits per heavy atom. The largest absolute Gasteiger partial charge is 0.381 e. The molecule has 5 heteroatoms. The molecule has 2 aromatic rings. The van der Waals surface area contributed by atoms with Crippen LogP contribution in [0.15, 0.2) is 24.4 Å². The van der Waals surface area contributed by atoms with Gasteiger partial charge < -0.3 is 14.6 Å². The highest BCUT2D eigenvalue weighted by molar-refractivity contribution is 6.07. The average molecular weight is 356 g/mol. The summed E-state index contributed by atoms with van der Waals surface area (Å²) in [7, 11) is 0. The van der Waals surface area contributed by atoms with E-state index in [9.17, 15) is 9.59 Å². The summed E-state index contributed by atoms with van der Waals surface area (Å²) in [5.41, 5.74) is 2.83. The van der Waals surface area contributed by atoms with Gasteiger partial charge >= 0.3 is 0 Å². The molecule has 1 aromatic carbocycles. The van der Waals surface area contributed by atoms with E-state index in [-0.39, 0.29) is 18.2 Å². The first kappa shape index (κ1) is 18.6. The topological polar surface area (TPSA) is 60.3 Å². The van der Waals surface area contributed by atoms with Crippen molar-refractivity contribution in [3.63, 3.8) is 0 Å². The van der Waals surface area contributed by atoms with Crippen LogP contribution in [-0.2, 0) is 22.5 Å². The fraction of sp³-hybridized carbons (Fsp3) is 0.524. The van der Waals surface area contributed by atoms with Gasteiger partial charge in [0.25, 0.3) is 0 Å². The van der Waals surface area contributed by atoms with E-state index in [1.165, 1.54) is 6.42 Å².